The van der Waals surface area contributed by atoms with Gasteiger partial charge in [0.05, 0.1) is 24.7 Å². The molecule has 0 fully saturated rings. The molecular formula is C22H23N5O. The molecule has 0 radical (unpaired) electrons. The summed E-state index contributed by atoms with van der Waals surface area (Å²) in [5.41, 5.74) is 3.84. The fraction of sp³-hybridized carbons (Fsp3) is 0.227. The molecule has 1 atom stereocenters. The van der Waals surface area contributed by atoms with Gasteiger partial charge < -0.3 is 9.67 Å². The summed E-state index contributed by atoms with van der Waals surface area (Å²) in [7, 11) is 0. The summed E-state index contributed by atoms with van der Waals surface area (Å²) >= 11 is 0. The number of aliphatic hydroxyl groups is 1. The number of nitrogens with zero attached hydrogens (tertiary/aromatic N) is 5. The second kappa shape index (κ2) is 8.19. The second-order valence-electron chi connectivity index (χ2n) is 6.70. The molecule has 2 aromatic heterocycles. The van der Waals surface area contributed by atoms with Crippen LogP contribution in [0.1, 0.15) is 12.5 Å². The van der Waals surface area contributed by atoms with Crippen molar-refractivity contribution in [3.8, 4) is 22.8 Å². The molecule has 6 heteroatoms. The van der Waals surface area contributed by atoms with Gasteiger partial charge >= 0.3 is 0 Å². The largest absolute Gasteiger partial charge is 0.391 e. The van der Waals surface area contributed by atoms with Crippen LogP contribution in [0.15, 0.2) is 73.3 Å². The Bertz CT molecular complexity index is 1020. The number of aromatic nitrogens is 5. The van der Waals surface area contributed by atoms with Crippen LogP contribution in [0.5, 0.6) is 0 Å². The van der Waals surface area contributed by atoms with E-state index in [1.54, 1.807) is 12.7 Å². The lowest BCUT2D eigenvalue weighted by Gasteiger charge is -2.15. The van der Waals surface area contributed by atoms with E-state index >= 15 is 0 Å². The van der Waals surface area contributed by atoms with Crippen LogP contribution in [0.4, 0.5) is 0 Å². The summed E-state index contributed by atoms with van der Waals surface area (Å²) in [6.07, 6.45) is 3.39. The number of rotatable bonds is 7. The maximum absolute atomic E-state index is 10.7. The van der Waals surface area contributed by atoms with Gasteiger partial charge in [0.25, 0.3) is 0 Å². The Morgan fingerprint density at radius 3 is 2.39 bits per heavy atom. The highest BCUT2D eigenvalue weighted by molar-refractivity contribution is 5.75. The predicted octanol–water partition coefficient (Wildman–Crippen LogP) is 3.43. The molecular weight excluding hydrogens is 350 g/mol. The maximum atomic E-state index is 10.7. The van der Waals surface area contributed by atoms with E-state index in [1.807, 2.05) is 76.8 Å². The van der Waals surface area contributed by atoms with Crippen molar-refractivity contribution in [2.75, 3.05) is 0 Å². The van der Waals surface area contributed by atoms with E-state index in [9.17, 15) is 5.11 Å². The molecule has 0 aliphatic carbocycles. The van der Waals surface area contributed by atoms with Gasteiger partial charge in [-0.1, -0.05) is 60.7 Å². The molecule has 0 saturated carbocycles. The Kier molecular flexibility index (Phi) is 5.30. The summed E-state index contributed by atoms with van der Waals surface area (Å²) in [6, 6.07) is 20.0. The molecule has 0 aliphatic rings. The highest BCUT2D eigenvalue weighted by Gasteiger charge is 2.21. The molecule has 0 amide bonds. The number of aliphatic hydroxyl groups excluding tert-OH is 1. The molecule has 28 heavy (non-hydrogen) atoms. The molecule has 1 unspecified atom stereocenters. The molecule has 4 rings (SSSR count). The Morgan fingerprint density at radius 1 is 0.964 bits per heavy atom. The van der Waals surface area contributed by atoms with Gasteiger partial charge in [-0.15, -0.1) is 0 Å². The predicted molar refractivity (Wildman–Crippen MR) is 109 cm³/mol. The Morgan fingerprint density at radius 2 is 1.68 bits per heavy atom. The van der Waals surface area contributed by atoms with Crippen molar-refractivity contribution in [3.05, 3.63) is 78.9 Å². The minimum Gasteiger partial charge on any atom is -0.391 e. The van der Waals surface area contributed by atoms with E-state index in [0.29, 0.717) is 19.5 Å². The van der Waals surface area contributed by atoms with Crippen LogP contribution in [-0.2, 0) is 19.5 Å². The lowest BCUT2D eigenvalue weighted by Crippen LogP contribution is -2.19. The summed E-state index contributed by atoms with van der Waals surface area (Å²) in [6.45, 7) is 3.17. The third-order valence-electron chi connectivity index (χ3n) is 4.73. The van der Waals surface area contributed by atoms with Crippen LogP contribution in [0.3, 0.4) is 0 Å². The normalized spacial score (nSPS) is 12.2. The average Bonchev–Trinajstić information content (AvgIpc) is 3.35. The van der Waals surface area contributed by atoms with Gasteiger partial charge in [0.15, 0.2) is 5.82 Å². The summed E-state index contributed by atoms with van der Waals surface area (Å²) < 4.78 is 3.83. The van der Waals surface area contributed by atoms with Crippen molar-refractivity contribution >= 4 is 0 Å². The fourth-order valence-corrected chi connectivity index (χ4v) is 3.42. The first-order valence-electron chi connectivity index (χ1n) is 9.47. The first-order chi connectivity index (χ1) is 13.8. The number of benzene rings is 2. The zero-order valence-corrected chi connectivity index (χ0v) is 15.8. The van der Waals surface area contributed by atoms with Crippen molar-refractivity contribution in [2.45, 2.75) is 32.5 Å². The lowest BCUT2D eigenvalue weighted by molar-refractivity contribution is 0.154. The minimum absolute atomic E-state index is 0.431. The van der Waals surface area contributed by atoms with Gasteiger partial charge in [-0.2, -0.15) is 5.10 Å². The van der Waals surface area contributed by atoms with Crippen LogP contribution in [0.25, 0.3) is 22.8 Å². The lowest BCUT2D eigenvalue weighted by atomic mass is 10.1. The van der Waals surface area contributed by atoms with E-state index in [4.69, 9.17) is 0 Å². The molecule has 2 aromatic carbocycles. The van der Waals surface area contributed by atoms with Crippen LogP contribution in [0.2, 0.25) is 0 Å². The average molecular weight is 373 g/mol. The van der Waals surface area contributed by atoms with E-state index in [2.05, 4.69) is 15.1 Å². The first kappa shape index (κ1) is 18.1. The van der Waals surface area contributed by atoms with Crippen molar-refractivity contribution in [3.63, 3.8) is 0 Å². The van der Waals surface area contributed by atoms with Gasteiger partial charge in [-0.25, -0.2) is 14.6 Å². The van der Waals surface area contributed by atoms with Crippen molar-refractivity contribution in [2.24, 2.45) is 0 Å². The number of hydrogen-bond donors (Lipinski definition) is 1. The number of imidazole rings is 1. The Labute approximate surface area is 164 Å². The zero-order valence-electron chi connectivity index (χ0n) is 15.8. The van der Waals surface area contributed by atoms with Crippen molar-refractivity contribution in [1.29, 1.82) is 0 Å². The van der Waals surface area contributed by atoms with Crippen LogP contribution in [0, 0.1) is 0 Å². The van der Waals surface area contributed by atoms with Gasteiger partial charge in [-0.05, 0) is 12.5 Å². The summed E-state index contributed by atoms with van der Waals surface area (Å²) in [4.78, 5) is 9.13. The van der Waals surface area contributed by atoms with E-state index in [-0.39, 0.29) is 0 Å². The molecule has 0 spiro atoms. The van der Waals surface area contributed by atoms with Crippen LogP contribution < -0.4 is 0 Å². The number of hydrogen-bond acceptors (Lipinski definition) is 4. The standard InChI is InChI=1S/C22H23N5O/c1-2-27-22(23-15-25-27)21-20(18-11-7-4-8-12-18)24-16-26(21)14-19(28)13-17-9-5-3-6-10-17/h3-12,15-16,19,28H,2,13-14H2,1H3. The molecule has 1 N–H and O–H groups in total. The van der Waals surface area contributed by atoms with E-state index in [0.717, 1.165) is 28.3 Å². The van der Waals surface area contributed by atoms with Crippen molar-refractivity contribution < 1.29 is 5.11 Å². The van der Waals surface area contributed by atoms with E-state index in [1.165, 1.54) is 0 Å². The third-order valence-corrected chi connectivity index (χ3v) is 4.73. The zero-order chi connectivity index (χ0) is 19.3. The Hall–Kier alpha value is -3.25. The quantitative estimate of drug-likeness (QED) is 0.539. The highest BCUT2D eigenvalue weighted by atomic mass is 16.3. The second-order valence-corrected chi connectivity index (χ2v) is 6.70. The summed E-state index contributed by atoms with van der Waals surface area (Å²) in [5.74, 6) is 0.755. The van der Waals surface area contributed by atoms with Gasteiger partial charge in [0, 0.05) is 18.5 Å². The monoisotopic (exact) mass is 373 g/mol. The molecule has 0 saturated heterocycles. The third kappa shape index (κ3) is 3.73. The van der Waals surface area contributed by atoms with Gasteiger partial charge in [0.1, 0.15) is 12.0 Å². The first-order valence-corrected chi connectivity index (χ1v) is 9.47. The van der Waals surface area contributed by atoms with Gasteiger partial charge in [0.2, 0.25) is 0 Å². The molecule has 4 aromatic rings. The fourth-order valence-electron chi connectivity index (χ4n) is 3.42. The Balaban J connectivity index is 1.70. The van der Waals surface area contributed by atoms with E-state index < -0.39 is 6.10 Å². The summed E-state index contributed by atoms with van der Waals surface area (Å²) in [5, 5.41) is 15.0. The minimum atomic E-state index is -0.531. The molecule has 0 bridgehead atoms. The molecule has 2 heterocycles. The SMILES string of the molecule is CCn1ncnc1-c1c(-c2ccccc2)ncn1CC(O)Cc1ccccc1. The smallest absolute Gasteiger partial charge is 0.177 e. The van der Waals surface area contributed by atoms with Crippen molar-refractivity contribution in [1.82, 2.24) is 24.3 Å². The van der Waals surface area contributed by atoms with Crippen LogP contribution >= 0.6 is 0 Å². The van der Waals surface area contributed by atoms with Crippen LogP contribution in [-0.4, -0.2) is 35.5 Å². The van der Waals surface area contributed by atoms with Gasteiger partial charge in [-0.3, -0.25) is 0 Å². The molecule has 142 valence electrons. The molecule has 0 aliphatic heterocycles. The maximum Gasteiger partial charge on any atom is 0.177 e. The molecule has 6 nitrogen and oxygen atoms in total. The number of aryl methyl sites for hydroxylation is 1. The topological polar surface area (TPSA) is 68.8 Å². The highest BCUT2D eigenvalue weighted by Crippen LogP contribution is 2.30.